The number of hydrogen-bond acceptors (Lipinski definition) is 2. The molecule has 1 aliphatic rings. The lowest BCUT2D eigenvalue weighted by molar-refractivity contribution is -0.0625. The average Bonchev–Trinajstić information content (AvgIpc) is 2.24. The molecule has 0 saturated carbocycles. The molecule has 0 aliphatic carbocycles. The smallest absolute Gasteiger partial charge is 0.123 e. The summed E-state index contributed by atoms with van der Waals surface area (Å²) >= 11 is 5.97. The lowest BCUT2D eigenvalue weighted by Gasteiger charge is -2.32. The molecule has 88 valence electrons. The molecule has 0 amide bonds. The van der Waals surface area contributed by atoms with E-state index < -0.39 is 5.60 Å². The highest BCUT2D eigenvalue weighted by molar-refractivity contribution is 6.31. The molecular formula is C12H14ClFO2. The number of rotatable bonds is 2. The second-order valence-corrected chi connectivity index (χ2v) is 4.66. The van der Waals surface area contributed by atoms with Crippen molar-refractivity contribution in [3.63, 3.8) is 0 Å². The Hall–Kier alpha value is -0.640. The van der Waals surface area contributed by atoms with Crippen LogP contribution >= 0.6 is 11.6 Å². The van der Waals surface area contributed by atoms with Crippen molar-refractivity contribution < 1.29 is 14.2 Å². The fraction of sp³-hybridized carbons (Fsp3) is 0.500. The van der Waals surface area contributed by atoms with Crippen molar-refractivity contribution in [2.45, 2.75) is 24.9 Å². The van der Waals surface area contributed by atoms with Crippen LogP contribution in [0.5, 0.6) is 0 Å². The lowest BCUT2D eigenvalue weighted by atomic mass is 9.87. The third-order valence-electron chi connectivity index (χ3n) is 2.95. The topological polar surface area (TPSA) is 29.5 Å². The van der Waals surface area contributed by atoms with Crippen LogP contribution in [0.2, 0.25) is 5.02 Å². The zero-order valence-corrected chi connectivity index (χ0v) is 9.63. The minimum atomic E-state index is -0.810. The summed E-state index contributed by atoms with van der Waals surface area (Å²) in [5.41, 5.74) is -0.151. The van der Waals surface area contributed by atoms with Gasteiger partial charge in [0.25, 0.3) is 0 Å². The van der Waals surface area contributed by atoms with Gasteiger partial charge in [0.15, 0.2) is 0 Å². The van der Waals surface area contributed by atoms with E-state index in [1.54, 1.807) is 0 Å². The van der Waals surface area contributed by atoms with E-state index in [4.69, 9.17) is 16.3 Å². The van der Waals surface area contributed by atoms with Gasteiger partial charge in [-0.3, -0.25) is 0 Å². The van der Waals surface area contributed by atoms with Crippen LogP contribution in [0.3, 0.4) is 0 Å². The van der Waals surface area contributed by atoms with Gasteiger partial charge in [0.05, 0.1) is 5.60 Å². The molecule has 0 bridgehead atoms. The van der Waals surface area contributed by atoms with E-state index in [0.717, 1.165) is 0 Å². The van der Waals surface area contributed by atoms with Crippen LogP contribution in [0.25, 0.3) is 0 Å². The first-order valence-electron chi connectivity index (χ1n) is 5.33. The van der Waals surface area contributed by atoms with Gasteiger partial charge in [0.2, 0.25) is 0 Å². The van der Waals surface area contributed by atoms with Gasteiger partial charge in [-0.15, -0.1) is 0 Å². The maximum absolute atomic E-state index is 13.1. The normalized spacial score (nSPS) is 19.7. The average molecular weight is 245 g/mol. The van der Waals surface area contributed by atoms with E-state index >= 15 is 0 Å². The zero-order valence-electron chi connectivity index (χ0n) is 8.88. The highest BCUT2D eigenvalue weighted by atomic mass is 35.5. The molecule has 0 unspecified atom stereocenters. The molecule has 1 fully saturated rings. The van der Waals surface area contributed by atoms with Gasteiger partial charge < -0.3 is 9.84 Å². The van der Waals surface area contributed by atoms with E-state index in [1.807, 2.05) is 0 Å². The number of ether oxygens (including phenoxy) is 1. The molecule has 1 aliphatic heterocycles. The Morgan fingerprint density at radius 3 is 2.75 bits per heavy atom. The van der Waals surface area contributed by atoms with Crippen molar-refractivity contribution in [1.29, 1.82) is 0 Å². The summed E-state index contributed by atoms with van der Waals surface area (Å²) in [4.78, 5) is 0. The van der Waals surface area contributed by atoms with Gasteiger partial charge in [-0.25, -0.2) is 4.39 Å². The van der Waals surface area contributed by atoms with Gasteiger partial charge >= 0.3 is 0 Å². The van der Waals surface area contributed by atoms with Crippen molar-refractivity contribution in [3.05, 3.63) is 34.6 Å². The van der Waals surface area contributed by atoms with Crippen molar-refractivity contribution in [2.75, 3.05) is 13.2 Å². The predicted molar refractivity (Wildman–Crippen MR) is 60.1 cm³/mol. The first-order valence-corrected chi connectivity index (χ1v) is 5.71. The Kier molecular flexibility index (Phi) is 3.47. The van der Waals surface area contributed by atoms with Crippen LogP contribution in [0.1, 0.15) is 18.4 Å². The second kappa shape index (κ2) is 4.70. The van der Waals surface area contributed by atoms with E-state index in [9.17, 15) is 9.50 Å². The van der Waals surface area contributed by atoms with E-state index in [-0.39, 0.29) is 5.82 Å². The van der Waals surface area contributed by atoms with Gasteiger partial charge in [-0.05, 0) is 36.6 Å². The second-order valence-electron chi connectivity index (χ2n) is 4.25. The molecule has 2 rings (SSSR count). The Morgan fingerprint density at radius 1 is 1.38 bits per heavy atom. The minimum Gasteiger partial charge on any atom is -0.389 e. The van der Waals surface area contributed by atoms with Crippen molar-refractivity contribution in [2.24, 2.45) is 0 Å². The number of benzene rings is 1. The highest BCUT2D eigenvalue weighted by Gasteiger charge is 2.30. The molecule has 1 heterocycles. The third-order valence-corrected chi connectivity index (χ3v) is 3.32. The summed E-state index contributed by atoms with van der Waals surface area (Å²) in [5, 5.41) is 10.8. The van der Waals surface area contributed by atoms with Crippen LogP contribution in [0, 0.1) is 5.82 Å². The first kappa shape index (κ1) is 11.8. The lowest BCUT2D eigenvalue weighted by Crippen LogP contribution is -2.38. The van der Waals surface area contributed by atoms with Gasteiger partial charge in [0.1, 0.15) is 5.82 Å². The standard InChI is InChI=1S/C12H14ClFO2/c13-11-2-1-10(14)7-9(11)8-12(15)3-5-16-6-4-12/h1-2,7,15H,3-6,8H2. The number of hydrogen-bond donors (Lipinski definition) is 1. The first-order chi connectivity index (χ1) is 7.59. The summed E-state index contributed by atoms with van der Waals surface area (Å²) in [7, 11) is 0. The SMILES string of the molecule is OC1(Cc2cc(F)ccc2Cl)CCOCC1. The molecule has 1 saturated heterocycles. The third kappa shape index (κ3) is 2.73. The molecular weight excluding hydrogens is 231 g/mol. The van der Waals surface area contributed by atoms with E-state index in [0.29, 0.717) is 43.1 Å². The Labute approximate surface area is 99.0 Å². The summed E-state index contributed by atoms with van der Waals surface area (Å²) in [6, 6.07) is 4.23. The monoisotopic (exact) mass is 244 g/mol. The van der Waals surface area contributed by atoms with E-state index in [1.165, 1.54) is 18.2 Å². The Morgan fingerprint density at radius 2 is 2.06 bits per heavy atom. The molecule has 0 radical (unpaired) electrons. The molecule has 1 aromatic rings. The largest absolute Gasteiger partial charge is 0.389 e. The fourth-order valence-electron chi connectivity index (χ4n) is 1.96. The van der Waals surface area contributed by atoms with E-state index in [2.05, 4.69) is 0 Å². The Bertz CT molecular complexity index is 375. The molecule has 0 spiro atoms. The zero-order chi connectivity index (χ0) is 11.6. The van der Waals surface area contributed by atoms with Crippen LogP contribution in [0.15, 0.2) is 18.2 Å². The van der Waals surface area contributed by atoms with Crippen molar-refractivity contribution in [3.8, 4) is 0 Å². The minimum absolute atomic E-state index is 0.324. The molecule has 16 heavy (non-hydrogen) atoms. The highest BCUT2D eigenvalue weighted by Crippen LogP contribution is 2.28. The van der Waals surface area contributed by atoms with Gasteiger partial charge in [-0.2, -0.15) is 0 Å². The van der Waals surface area contributed by atoms with Gasteiger partial charge in [-0.1, -0.05) is 11.6 Å². The summed E-state index contributed by atoms with van der Waals surface area (Å²) in [6.45, 7) is 1.09. The van der Waals surface area contributed by atoms with Gasteiger partial charge in [0, 0.05) is 24.7 Å². The predicted octanol–water partition coefficient (Wildman–Crippen LogP) is 2.56. The summed E-state index contributed by atoms with van der Waals surface area (Å²) in [6.07, 6.45) is 1.52. The molecule has 0 atom stereocenters. The fourth-order valence-corrected chi connectivity index (χ4v) is 2.15. The van der Waals surface area contributed by atoms with Crippen molar-refractivity contribution >= 4 is 11.6 Å². The quantitative estimate of drug-likeness (QED) is 0.867. The maximum Gasteiger partial charge on any atom is 0.123 e. The molecule has 1 aromatic carbocycles. The summed E-state index contributed by atoms with van der Waals surface area (Å²) < 4.78 is 18.3. The molecule has 2 nitrogen and oxygen atoms in total. The van der Waals surface area contributed by atoms with Crippen LogP contribution in [-0.4, -0.2) is 23.9 Å². The molecule has 1 N–H and O–H groups in total. The Balaban J connectivity index is 2.15. The molecule has 4 heteroatoms. The van der Waals surface area contributed by atoms with Crippen LogP contribution < -0.4 is 0 Å². The number of halogens is 2. The van der Waals surface area contributed by atoms with Crippen molar-refractivity contribution in [1.82, 2.24) is 0 Å². The number of aliphatic hydroxyl groups is 1. The van der Waals surface area contributed by atoms with Crippen LogP contribution in [0.4, 0.5) is 4.39 Å². The summed E-state index contributed by atoms with van der Waals surface area (Å²) in [5.74, 6) is -0.324. The molecule has 0 aromatic heterocycles. The van der Waals surface area contributed by atoms with Crippen LogP contribution in [-0.2, 0) is 11.2 Å². The maximum atomic E-state index is 13.1.